The molecule has 1 aromatic carbocycles. The second-order valence-electron chi connectivity index (χ2n) is 6.45. The number of aliphatic hydroxyl groups excluding tert-OH is 1. The summed E-state index contributed by atoms with van der Waals surface area (Å²) in [5, 5.41) is 9.86. The summed E-state index contributed by atoms with van der Waals surface area (Å²) in [4.78, 5) is 0. The Bertz CT molecular complexity index is 682. The van der Waals surface area contributed by atoms with Crippen LogP contribution in [0.4, 0.5) is 48.3 Å². The Labute approximate surface area is 158 Å². The van der Waals surface area contributed by atoms with Crippen molar-refractivity contribution in [3.05, 3.63) is 35.4 Å². The van der Waals surface area contributed by atoms with Gasteiger partial charge in [-0.2, -0.15) is 48.3 Å². The number of hydrogen-bond donors (Lipinski definition) is 1. The molecule has 1 rings (SSSR count). The summed E-state index contributed by atoms with van der Waals surface area (Å²) in [6.45, 7) is 1.76. The molecule has 0 radical (unpaired) electrons. The average Bonchev–Trinajstić information content (AvgIpc) is 2.58. The van der Waals surface area contributed by atoms with Crippen LogP contribution >= 0.6 is 0 Å². The van der Waals surface area contributed by atoms with Crippen LogP contribution in [0.3, 0.4) is 0 Å². The van der Waals surface area contributed by atoms with E-state index in [0.29, 0.717) is 12.8 Å². The highest BCUT2D eigenvalue weighted by molar-refractivity contribution is 5.29. The number of halogens is 11. The molecule has 0 spiro atoms. The van der Waals surface area contributed by atoms with E-state index >= 15 is 0 Å². The lowest BCUT2D eigenvalue weighted by molar-refractivity contribution is -0.423. The molecule has 1 atom stereocenters. The highest BCUT2D eigenvalue weighted by atomic mass is 19.4. The van der Waals surface area contributed by atoms with Crippen molar-refractivity contribution in [3.8, 4) is 0 Å². The van der Waals surface area contributed by atoms with E-state index in [4.69, 9.17) is 0 Å². The maximum atomic E-state index is 13.8. The normalized spacial score (nSPS) is 15.5. The number of alkyl halides is 11. The zero-order valence-corrected chi connectivity index (χ0v) is 14.8. The van der Waals surface area contributed by atoms with Crippen LogP contribution in [0.15, 0.2) is 24.3 Å². The first-order valence-corrected chi connectivity index (χ1v) is 8.28. The standard InChI is InChI=1S/C17H17F11O/c1-2-3-6-10-7-4-5-8-11(10)12(29)9-13(18,19)14(20,21)15(22,23)16(24,25)17(26,27)28/h4-5,7-8,12,29H,2-3,6,9H2,1H3. The van der Waals surface area contributed by atoms with E-state index in [1.54, 1.807) is 6.92 Å². The van der Waals surface area contributed by atoms with Crippen molar-refractivity contribution in [2.24, 2.45) is 0 Å². The maximum absolute atomic E-state index is 13.8. The zero-order chi connectivity index (χ0) is 22.9. The highest BCUT2D eigenvalue weighted by Gasteiger charge is 2.87. The second-order valence-corrected chi connectivity index (χ2v) is 6.45. The Morgan fingerprint density at radius 2 is 1.31 bits per heavy atom. The topological polar surface area (TPSA) is 20.2 Å². The summed E-state index contributed by atoms with van der Waals surface area (Å²) in [5.74, 6) is -28.1. The molecule has 0 heterocycles. The zero-order valence-electron chi connectivity index (χ0n) is 14.8. The molecule has 1 aromatic rings. The lowest BCUT2D eigenvalue weighted by Crippen LogP contribution is -2.66. The van der Waals surface area contributed by atoms with Crippen molar-refractivity contribution in [1.82, 2.24) is 0 Å². The van der Waals surface area contributed by atoms with Gasteiger partial charge in [-0.05, 0) is 24.0 Å². The van der Waals surface area contributed by atoms with Crippen LogP contribution < -0.4 is 0 Å². The minimum Gasteiger partial charge on any atom is -0.388 e. The van der Waals surface area contributed by atoms with Gasteiger partial charge in [-0.25, -0.2) is 0 Å². The number of benzene rings is 1. The number of rotatable bonds is 9. The molecule has 0 aromatic heterocycles. The third-order valence-electron chi connectivity index (χ3n) is 4.27. The summed E-state index contributed by atoms with van der Waals surface area (Å²) in [6.07, 6.45) is -10.9. The first-order valence-electron chi connectivity index (χ1n) is 8.28. The second kappa shape index (κ2) is 8.27. The Kier molecular flexibility index (Phi) is 7.26. The molecule has 0 aliphatic rings. The number of hydrogen-bond acceptors (Lipinski definition) is 1. The van der Waals surface area contributed by atoms with Crippen molar-refractivity contribution in [1.29, 1.82) is 0 Å². The fourth-order valence-electron chi connectivity index (χ4n) is 2.54. The maximum Gasteiger partial charge on any atom is 0.460 e. The minimum atomic E-state index is -7.47. The molecule has 0 aliphatic carbocycles. The van der Waals surface area contributed by atoms with Gasteiger partial charge < -0.3 is 5.11 Å². The summed E-state index contributed by atoms with van der Waals surface area (Å²) < 4.78 is 143. The predicted molar refractivity (Wildman–Crippen MR) is 80.5 cm³/mol. The van der Waals surface area contributed by atoms with Gasteiger partial charge in [0.2, 0.25) is 0 Å². The van der Waals surface area contributed by atoms with Gasteiger partial charge in [-0.15, -0.1) is 0 Å². The van der Waals surface area contributed by atoms with E-state index in [-0.39, 0.29) is 17.5 Å². The first-order chi connectivity index (χ1) is 12.9. The van der Waals surface area contributed by atoms with Gasteiger partial charge in [0.15, 0.2) is 0 Å². The minimum absolute atomic E-state index is 0.202. The number of aliphatic hydroxyl groups is 1. The van der Waals surface area contributed by atoms with Crippen molar-refractivity contribution in [3.63, 3.8) is 0 Å². The SMILES string of the molecule is CCCCc1ccccc1C(O)CC(F)(F)C(F)(F)C(F)(F)C(F)(F)C(F)(F)F. The third-order valence-corrected chi connectivity index (χ3v) is 4.27. The molecule has 29 heavy (non-hydrogen) atoms. The first kappa shape index (κ1) is 25.4. The fourth-order valence-corrected chi connectivity index (χ4v) is 2.54. The van der Waals surface area contributed by atoms with Crippen LogP contribution in [0.5, 0.6) is 0 Å². The van der Waals surface area contributed by atoms with Crippen molar-refractivity contribution < 1.29 is 53.4 Å². The smallest absolute Gasteiger partial charge is 0.388 e. The van der Waals surface area contributed by atoms with E-state index in [1.807, 2.05) is 0 Å². The molecule has 1 N–H and O–H groups in total. The van der Waals surface area contributed by atoms with Crippen LogP contribution in [0, 0.1) is 0 Å². The van der Waals surface area contributed by atoms with Crippen LogP contribution in [0.25, 0.3) is 0 Å². The molecule has 0 aliphatic heterocycles. The Hall–Kier alpha value is -1.59. The molecule has 1 nitrogen and oxygen atoms in total. The molecule has 0 saturated heterocycles. The molecule has 0 bridgehead atoms. The van der Waals surface area contributed by atoms with E-state index < -0.39 is 42.4 Å². The predicted octanol–water partition coefficient (Wildman–Crippen LogP) is 6.56. The molecule has 12 heteroatoms. The van der Waals surface area contributed by atoms with Crippen molar-refractivity contribution >= 4 is 0 Å². The Balaban J connectivity index is 3.25. The van der Waals surface area contributed by atoms with Crippen LogP contribution in [0.1, 0.15) is 43.4 Å². The van der Waals surface area contributed by atoms with E-state index in [2.05, 4.69) is 0 Å². The van der Waals surface area contributed by atoms with Gasteiger partial charge in [0, 0.05) is 6.42 Å². The van der Waals surface area contributed by atoms with E-state index in [1.165, 1.54) is 18.2 Å². The lowest BCUT2D eigenvalue weighted by atomic mass is 9.90. The summed E-state index contributed by atoms with van der Waals surface area (Å²) in [7, 11) is 0. The number of unbranched alkanes of at least 4 members (excludes halogenated alkanes) is 1. The Morgan fingerprint density at radius 3 is 1.79 bits per heavy atom. The third kappa shape index (κ3) is 4.61. The summed E-state index contributed by atoms with van der Waals surface area (Å²) in [5.41, 5.74) is -0.129. The molecule has 0 fully saturated rings. The quantitative estimate of drug-likeness (QED) is 0.426. The molecule has 0 amide bonds. The van der Waals surface area contributed by atoms with E-state index in [0.717, 1.165) is 6.07 Å². The Morgan fingerprint density at radius 1 is 0.793 bits per heavy atom. The van der Waals surface area contributed by atoms with E-state index in [9.17, 15) is 53.4 Å². The number of aryl methyl sites for hydroxylation is 1. The summed E-state index contributed by atoms with van der Waals surface area (Å²) >= 11 is 0. The van der Waals surface area contributed by atoms with Gasteiger partial charge in [0.05, 0.1) is 6.10 Å². The molecule has 168 valence electrons. The molecular weight excluding hydrogens is 429 g/mol. The van der Waals surface area contributed by atoms with Gasteiger partial charge >= 0.3 is 29.9 Å². The van der Waals surface area contributed by atoms with Gasteiger partial charge in [-0.3, -0.25) is 0 Å². The molecular formula is C17H17F11O. The van der Waals surface area contributed by atoms with Gasteiger partial charge in [0.25, 0.3) is 0 Å². The van der Waals surface area contributed by atoms with Crippen LogP contribution in [-0.2, 0) is 6.42 Å². The monoisotopic (exact) mass is 446 g/mol. The van der Waals surface area contributed by atoms with Gasteiger partial charge in [0.1, 0.15) is 0 Å². The van der Waals surface area contributed by atoms with Crippen molar-refractivity contribution in [2.75, 3.05) is 0 Å². The van der Waals surface area contributed by atoms with Gasteiger partial charge in [-0.1, -0.05) is 37.6 Å². The average molecular weight is 446 g/mol. The molecule has 1 unspecified atom stereocenters. The van der Waals surface area contributed by atoms with Crippen molar-refractivity contribution in [2.45, 2.75) is 68.6 Å². The largest absolute Gasteiger partial charge is 0.460 e. The highest BCUT2D eigenvalue weighted by Crippen LogP contribution is 2.58. The van der Waals surface area contributed by atoms with Crippen LogP contribution in [-0.4, -0.2) is 35.0 Å². The van der Waals surface area contributed by atoms with Crippen LogP contribution in [0.2, 0.25) is 0 Å². The fraction of sp³-hybridized carbons (Fsp3) is 0.647. The summed E-state index contributed by atoms with van der Waals surface area (Å²) in [6, 6.07) is 5.02. The lowest BCUT2D eigenvalue weighted by Gasteiger charge is -2.38. The molecule has 0 saturated carbocycles.